The van der Waals surface area contributed by atoms with Crippen molar-refractivity contribution in [3.8, 4) is 0 Å². The Labute approximate surface area is 186 Å². The lowest BCUT2D eigenvalue weighted by Crippen LogP contribution is -2.62. The average molecular weight is 444 g/mol. The van der Waals surface area contributed by atoms with Gasteiger partial charge in [-0.2, -0.15) is 11.8 Å². The van der Waals surface area contributed by atoms with E-state index in [0.717, 1.165) is 5.75 Å². The summed E-state index contributed by atoms with van der Waals surface area (Å²) in [6.45, 7) is 12.9. The van der Waals surface area contributed by atoms with Crippen LogP contribution >= 0.6 is 11.8 Å². The smallest absolute Gasteiger partial charge is 0.331 e. The molecule has 0 aliphatic carbocycles. The lowest BCUT2D eigenvalue weighted by molar-refractivity contribution is -0.141. The van der Waals surface area contributed by atoms with Crippen molar-refractivity contribution in [1.82, 2.24) is 15.5 Å². The van der Waals surface area contributed by atoms with Crippen molar-refractivity contribution in [2.24, 2.45) is 11.3 Å². The van der Waals surface area contributed by atoms with E-state index in [9.17, 15) is 19.5 Å². The first kappa shape index (κ1) is 28.5. The summed E-state index contributed by atoms with van der Waals surface area (Å²) in [5.41, 5.74) is -1.13. The highest BCUT2D eigenvalue weighted by Gasteiger charge is 2.40. The van der Waals surface area contributed by atoms with Gasteiger partial charge in [0.05, 0.1) is 11.6 Å². The first-order valence-electron chi connectivity index (χ1n) is 10.3. The molecule has 174 valence electrons. The number of amides is 2. The maximum atomic E-state index is 13.5. The standard InChI is InChI=1S/C22H41N3O4S/c1-14(2)16(13-15(3)19(27)28)25(9)18(26)17(21(4,5)6)24-20(29)22(7,23-8)11-12-30-10/h13-14,16-17,23H,11-12H2,1-10H3,(H,24,29)(H,27,28)/b15-13+/t16-,17-,22?/m1/s1. The molecule has 1 unspecified atom stereocenters. The fourth-order valence-corrected chi connectivity index (χ4v) is 3.64. The van der Waals surface area contributed by atoms with Crippen molar-refractivity contribution in [1.29, 1.82) is 0 Å². The predicted molar refractivity (Wildman–Crippen MR) is 125 cm³/mol. The monoisotopic (exact) mass is 443 g/mol. The SMILES string of the molecule is CNC(C)(CCSC)C(=O)N[C@H](C(=O)N(C)[C@H](/C=C(\C)C(=O)O)C(C)C)C(C)(C)C. The molecule has 3 N–H and O–H groups in total. The molecule has 0 bridgehead atoms. The Bertz CT molecular complexity index is 643. The molecule has 0 saturated carbocycles. The second-order valence-corrected chi connectivity index (χ2v) is 10.4. The third-order valence-corrected chi connectivity index (χ3v) is 6.10. The minimum absolute atomic E-state index is 0.00808. The van der Waals surface area contributed by atoms with Gasteiger partial charge in [0.2, 0.25) is 11.8 Å². The number of carboxylic acid groups (broad SMARTS) is 1. The molecule has 0 aromatic heterocycles. The van der Waals surface area contributed by atoms with Gasteiger partial charge in [0.25, 0.3) is 0 Å². The highest BCUT2D eigenvalue weighted by molar-refractivity contribution is 7.98. The van der Waals surface area contributed by atoms with Gasteiger partial charge in [-0.05, 0) is 50.7 Å². The van der Waals surface area contributed by atoms with Crippen molar-refractivity contribution in [3.05, 3.63) is 11.6 Å². The van der Waals surface area contributed by atoms with E-state index < -0.39 is 29.0 Å². The fourth-order valence-electron chi connectivity index (χ4n) is 3.03. The number of nitrogens with zero attached hydrogens (tertiary/aromatic N) is 1. The van der Waals surface area contributed by atoms with Crippen molar-refractivity contribution < 1.29 is 19.5 Å². The number of hydrogen-bond acceptors (Lipinski definition) is 5. The van der Waals surface area contributed by atoms with Crippen molar-refractivity contribution in [2.45, 2.75) is 72.5 Å². The maximum absolute atomic E-state index is 13.5. The average Bonchev–Trinajstić information content (AvgIpc) is 2.65. The molecule has 0 aromatic rings. The minimum Gasteiger partial charge on any atom is -0.478 e. The highest BCUT2D eigenvalue weighted by atomic mass is 32.2. The Hall–Kier alpha value is -1.54. The van der Waals surface area contributed by atoms with Gasteiger partial charge in [-0.15, -0.1) is 0 Å². The first-order chi connectivity index (χ1) is 13.6. The van der Waals surface area contributed by atoms with E-state index in [1.165, 1.54) is 6.92 Å². The number of nitrogens with one attached hydrogen (secondary N) is 2. The number of carboxylic acids is 1. The molecule has 0 rings (SSSR count). The largest absolute Gasteiger partial charge is 0.478 e. The molecule has 8 heteroatoms. The third-order valence-electron chi connectivity index (χ3n) is 5.48. The van der Waals surface area contributed by atoms with E-state index >= 15 is 0 Å². The van der Waals surface area contributed by atoms with Crippen molar-refractivity contribution in [2.75, 3.05) is 26.1 Å². The molecule has 0 heterocycles. The van der Waals surface area contributed by atoms with Gasteiger partial charge >= 0.3 is 5.97 Å². The van der Waals surface area contributed by atoms with Crippen molar-refractivity contribution in [3.63, 3.8) is 0 Å². The first-order valence-corrected chi connectivity index (χ1v) is 11.7. The molecule has 2 amide bonds. The summed E-state index contributed by atoms with van der Waals surface area (Å²) in [7, 11) is 3.41. The van der Waals surface area contributed by atoms with Crippen LogP contribution in [0.3, 0.4) is 0 Å². The zero-order valence-electron chi connectivity index (χ0n) is 20.3. The maximum Gasteiger partial charge on any atom is 0.331 e. The number of carbonyl (C=O) groups is 3. The van der Waals surface area contributed by atoms with E-state index in [-0.39, 0.29) is 23.3 Å². The molecule has 7 nitrogen and oxygen atoms in total. The molecule has 0 aliphatic rings. The summed E-state index contributed by atoms with van der Waals surface area (Å²) in [6, 6.07) is -1.15. The summed E-state index contributed by atoms with van der Waals surface area (Å²) in [6.07, 6.45) is 4.22. The Kier molecular flexibility index (Phi) is 11.1. The quantitative estimate of drug-likeness (QED) is 0.425. The van der Waals surface area contributed by atoms with Gasteiger partial charge in [0, 0.05) is 12.6 Å². The number of thioether (sulfide) groups is 1. The van der Waals surface area contributed by atoms with Gasteiger partial charge in [-0.1, -0.05) is 40.7 Å². The third kappa shape index (κ3) is 7.95. The predicted octanol–water partition coefficient (Wildman–Crippen LogP) is 2.76. The van der Waals surface area contributed by atoms with Crippen LogP contribution in [-0.2, 0) is 14.4 Å². The Balaban J connectivity index is 5.87. The number of hydrogen-bond donors (Lipinski definition) is 3. The molecule has 3 atom stereocenters. The molecule has 0 aromatic carbocycles. The van der Waals surface area contributed by atoms with Crippen LogP contribution in [0.4, 0.5) is 0 Å². The molecule has 0 spiro atoms. The molecule has 0 radical (unpaired) electrons. The lowest BCUT2D eigenvalue weighted by atomic mass is 9.84. The van der Waals surface area contributed by atoms with Gasteiger partial charge in [-0.25, -0.2) is 4.79 Å². The normalized spacial score (nSPS) is 16.6. The number of aliphatic carboxylic acids is 1. The van der Waals surface area contributed by atoms with E-state index in [1.807, 2.05) is 47.8 Å². The fraction of sp³-hybridized carbons (Fsp3) is 0.773. The van der Waals surface area contributed by atoms with Crippen LogP contribution in [0.2, 0.25) is 0 Å². The van der Waals surface area contributed by atoms with Crippen molar-refractivity contribution >= 4 is 29.5 Å². The molecule has 30 heavy (non-hydrogen) atoms. The Morgan fingerprint density at radius 3 is 2.07 bits per heavy atom. The second-order valence-electron chi connectivity index (χ2n) is 9.44. The molecule has 0 saturated heterocycles. The topological polar surface area (TPSA) is 98.7 Å². The van der Waals surface area contributed by atoms with E-state index in [4.69, 9.17) is 0 Å². The lowest BCUT2D eigenvalue weighted by Gasteiger charge is -2.39. The van der Waals surface area contributed by atoms with Gasteiger partial charge < -0.3 is 20.6 Å². The van der Waals surface area contributed by atoms with Crippen LogP contribution < -0.4 is 10.6 Å². The van der Waals surface area contributed by atoms with Crippen LogP contribution in [0.15, 0.2) is 11.6 Å². The molecule has 0 fully saturated rings. The second kappa shape index (κ2) is 11.7. The van der Waals surface area contributed by atoms with Crippen LogP contribution in [0, 0.1) is 11.3 Å². The molecule has 0 aliphatic heterocycles. The zero-order chi connectivity index (χ0) is 23.9. The number of likely N-dealkylation sites (N-methyl/N-ethyl adjacent to an activating group) is 2. The van der Waals surface area contributed by atoms with Gasteiger partial charge in [0.1, 0.15) is 6.04 Å². The number of rotatable bonds is 11. The van der Waals surface area contributed by atoms with E-state index in [2.05, 4.69) is 10.6 Å². The Morgan fingerprint density at radius 2 is 1.70 bits per heavy atom. The number of carbonyl (C=O) groups excluding carboxylic acids is 2. The van der Waals surface area contributed by atoms with Gasteiger partial charge in [0.15, 0.2) is 0 Å². The minimum atomic E-state index is -1.01. The van der Waals surface area contributed by atoms with E-state index in [0.29, 0.717) is 6.42 Å². The summed E-state index contributed by atoms with van der Waals surface area (Å²) < 4.78 is 0. The molecular formula is C22H41N3O4S. The van der Waals surface area contributed by atoms with Crippen LogP contribution in [0.1, 0.15) is 54.9 Å². The van der Waals surface area contributed by atoms with Crippen LogP contribution in [-0.4, -0.2) is 71.5 Å². The summed E-state index contributed by atoms with van der Waals surface area (Å²) >= 11 is 1.66. The van der Waals surface area contributed by atoms with Gasteiger partial charge in [-0.3, -0.25) is 9.59 Å². The van der Waals surface area contributed by atoms with Crippen LogP contribution in [0.5, 0.6) is 0 Å². The zero-order valence-corrected chi connectivity index (χ0v) is 21.1. The van der Waals surface area contributed by atoms with E-state index in [1.54, 1.807) is 36.8 Å². The summed E-state index contributed by atoms with van der Waals surface area (Å²) in [4.78, 5) is 39.4. The van der Waals surface area contributed by atoms with Crippen LogP contribution in [0.25, 0.3) is 0 Å². The summed E-state index contributed by atoms with van der Waals surface area (Å²) in [5, 5.41) is 15.3. The molecular weight excluding hydrogens is 402 g/mol. The summed E-state index contributed by atoms with van der Waals surface area (Å²) in [5.74, 6) is -0.658. The highest BCUT2D eigenvalue weighted by Crippen LogP contribution is 2.25. The Morgan fingerprint density at radius 1 is 1.17 bits per heavy atom.